The number of amides is 1. The number of aromatic nitrogens is 2. The van der Waals surface area contributed by atoms with Gasteiger partial charge in [-0.25, -0.2) is 18.7 Å². The Hall–Kier alpha value is -1.86. The molecular formula is C19H25B4ClF2N4O. The molecule has 1 N–H and O–H groups in total. The zero-order valence-corrected chi connectivity index (χ0v) is 19.4. The monoisotopic (exact) mass is 442 g/mol. The molecule has 0 aliphatic carbocycles. The average Bonchev–Trinajstić information content (AvgIpc) is 2.69. The zero-order valence-electron chi connectivity index (χ0n) is 18.6. The molecule has 1 fully saturated rings. The van der Waals surface area contributed by atoms with Gasteiger partial charge in [0.2, 0.25) is 0 Å². The largest absolute Gasteiger partial charge is 0.338 e. The molecule has 0 spiro atoms. The van der Waals surface area contributed by atoms with Gasteiger partial charge in [0.25, 0.3) is 5.91 Å². The highest BCUT2D eigenvalue weighted by molar-refractivity contribution is 6.44. The minimum atomic E-state index is -1.54. The summed E-state index contributed by atoms with van der Waals surface area (Å²) in [5, 5.41) is 1.77. The standard InChI is InChI=1S/C19H25B4ClF2N4O/c1-11-9-27-16(28-10-11)18(20,21)29-19(22,23)17(26)4-6-30(7-5-17)15(31)12-2-3-14(25)13(24)8-12/h2-3,8-10,29H,4-7,20-23H2,1H3. The average molecular weight is 442 g/mol. The molecule has 31 heavy (non-hydrogen) atoms. The van der Waals surface area contributed by atoms with Crippen molar-refractivity contribution in [3.05, 3.63) is 58.4 Å². The number of piperidine rings is 1. The highest BCUT2D eigenvalue weighted by atomic mass is 35.5. The molecule has 0 saturated carbocycles. The maximum absolute atomic E-state index is 16.1. The lowest BCUT2D eigenvalue weighted by molar-refractivity contribution is 0.0277. The van der Waals surface area contributed by atoms with Crippen LogP contribution in [0.2, 0.25) is 5.02 Å². The van der Waals surface area contributed by atoms with E-state index in [0.717, 1.165) is 5.56 Å². The Bertz CT molecular complexity index is 970. The molecule has 2 aromatic rings. The topological polar surface area (TPSA) is 58.1 Å². The van der Waals surface area contributed by atoms with Gasteiger partial charge >= 0.3 is 0 Å². The highest BCUT2D eigenvalue weighted by Gasteiger charge is 2.49. The number of nitrogens with one attached hydrogen (secondary N) is 1. The van der Waals surface area contributed by atoms with Gasteiger partial charge in [-0.15, -0.1) is 0 Å². The van der Waals surface area contributed by atoms with Crippen LogP contribution in [0.15, 0.2) is 30.6 Å². The second-order valence-electron chi connectivity index (χ2n) is 9.35. The molecule has 1 saturated heterocycles. The Kier molecular flexibility index (Phi) is 6.59. The van der Waals surface area contributed by atoms with E-state index in [1.165, 1.54) is 18.2 Å². The number of carbonyl (C=O) groups excluding carboxylic acids is 1. The van der Waals surface area contributed by atoms with Crippen LogP contribution in [-0.4, -0.2) is 76.3 Å². The second kappa shape index (κ2) is 8.58. The van der Waals surface area contributed by atoms with E-state index in [1.807, 2.05) is 38.3 Å². The second-order valence-corrected chi connectivity index (χ2v) is 9.75. The minimum Gasteiger partial charge on any atom is -0.338 e. The summed E-state index contributed by atoms with van der Waals surface area (Å²) in [6.45, 7) is 2.44. The van der Waals surface area contributed by atoms with E-state index in [4.69, 9.17) is 11.6 Å². The van der Waals surface area contributed by atoms with Crippen molar-refractivity contribution in [2.24, 2.45) is 0 Å². The van der Waals surface area contributed by atoms with E-state index in [1.54, 1.807) is 17.3 Å². The lowest BCUT2D eigenvalue weighted by Gasteiger charge is -2.49. The molecule has 0 unspecified atom stereocenters. The van der Waals surface area contributed by atoms with E-state index < -0.39 is 22.2 Å². The van der Waals surface area contributed by atoms with Crippen molar-refractivity contribution in [1.82, 2.24) is 20.2 Å². The van der Waals surface area contributed by atoms with Crippen LogP contribution < -0.4 is 5.32 Å². The summed E-state index contributed by atoms with van der Waals surface area (Å²) in [5.41, 5.74) is -0.278. The number of carbonyl (C=O) groups is 1. The Labute approximate surface area is 190 Å². The molecule has 1 aliphatic rings. The number of hydrogen-bond acceptors (Lipinski definition) is 4. The third-order valence-corrected chi connectivity index (χ3v) is 6.38. The molecule has 1 aromatic heterocycles. The van der Waals surface area contributed by atoms with Gasteiger partial charge < -0.3 is 10.2 Å². The van der Waals surface area contributed by atoms with Crippen LogP contribution >= 0.6 is 11.6 Å². The van der Waals surface area contributed by atoms with Gasteiger partial charge in [0.1, 0.15) is 48.7 Å². The fourth-order valence-electron chi connectivity index (χ4n) is 4.17. The molecule has 0 radical (unpaired) electrons. The van der Waals surface area contributed by atoms with E-state index in [0.29, 0.717) is 11.4 Å². The molecule has 0 atom stereocenters. The van der Waals surface area contributed by atoms with Crippen molar-refractivity contribution < 1.29 is 13.6 Å². The molecule has 12 heteroatoms. The number of aryl methyl sites for hydroxylation is 1. The fraction of sp³-hybridized carbons (Fsp3) is 0.421. The first-order chi connectivity index (χ1) is 14.3. The molecule has 3 rings (SSSR count). The van der Waals surface area contributed by atoms with Crippen molar-refractivity contribution in [2.45, 2.75) is 36.1 Å². The van der Waals surface area contributed by atoms with Crippen LogP contribution in [0.4, 0.5) is 8.78 Å². The molecule has 1 aliphatic heterocycles. The SMILES string of the molecule is BC(B)(NC(B)(B)C1(F)CCN(C(=O)c2ccc(F)c(Cl)c2)CC1)c1ncc(C)cn1. The van der Waals surface area contributed by atoms with E-state index in [-0.39, 0.29) is 36.9 Å². The Morgan fingerprint density at radius 2 is 1.77 bits per heavy atom. The normalized spacial score (nSPS) is 16.8. The Morgan fingerprint density at radius 1 is 1.19 bits per heavy atom. The van der Waals surface area contributed by atoms with E-state index >= 15 is 4.39 Å². The maximum atomic E-state index is 16.1. The van der Waals surface area contributed by atoms with Gasteiger partial charge in [-0.3, -0.25) is 4.79 Å². The lowest BCUT2D eigenvalue weighted by atomic mass is 9.48. The Morgan fingerprint density at radius 3 is 2.32 bits per heavy atom. The number of halogens is 3. The van der Waals surface area contributed by atoms with Crippen molar-refractivity contribution >= 4 is 48.9 Å². The Balaban J connectivity index is 1.70. The van der Waals surface area contributed by atoms with Crippen LogP contribution in [-0.2, 0) is 5.34 Å². The summed E-state index contributed by atoms with van der Waals surface area (Å²) < 4.78 is 29.5. The quantitative estimate of drug-likeness (QED) is 0.611. The predicted octanol–water partition coefficient (Wildman–Crippen LogP) is -0.892. The third-order valence-electron chi connectivity index (χ3n) is 6.09. The first-order valence-electron chi connectivity index (χ1n) is 10.4. The van der Waals surface area contributed by atoms with Gasteiger partial charge in [0, 0.05) is 36.4 Å². The number of alkyl halides is 1. The van der Waals surface area contributed by atoms with Gasteiger partial charge in [-0.1, -0.05) is 11.6 Å². The zero-order chi connectivity index (χ0) is 23.0. The number of nitrogens with zero attached hydrogens (tertiary/aromatic N) is 3. The van der Waals surface area contributed by atoms with Crippen molar-refractivity contribution in [3.8, 4) is 0 Å². The number of hydrogen-bond donors (Lipinski definition) is 1. The molecular weight excluding hydrogens is 417 g/mol. The van der Waals surface area contributed by atoms with Crippen LogP contribution in [0.1, 0.15) is 34.6 Å². The molecule has 0 bridgehead atoms. The van der Waals surface area contributed by atoms with Gasteiger partial charge in [-0.2, -0.15) is 0 Å². The van der Waals surface area contributed by atoms with Crippen molar-refractivity contribution in [1.29, 1.82) is 0 Å². The van der Waals surface area contributed by atoms with Crippen LogP contribution in [0.5, 0.6) is 0 Å². The van der Waals surface area contributed by atoms with Crippen LogP contribution in [0.25, 0.3) is 0 Å². The van der Waals surface area contributed by atoms with Gasteiger partial charge in [-0.05, 0) is 48.9 Å². The molecule has 1 aromatic carbocycles. The first kappa shape index (κ1) is 23.8. The fourth-order valence-corrected chi connectivity index (χ4v) is 4.35. The van der Waals surface area contributed by atoms with Gasteiger partial charge in [0.15, 0.2) is 0 Å². The van der Waals surface area contributed by atoms with E-state index in [2.05, 4.69) is 15.3 Å². The summed E-state index contributed by atoms with van der Waals surface area (Å²) in [7, 11) is 7.53. The van der Waals surface area contributed by atoms with Crippen molar-refractivity contribution in [3.63, 3.8) is 0 Å². The van der Waals surface area contributed by atoms with Crippen molar-refractivity contribution in [2.75, 3.05) is 13.1 Å². The molecule has 5 nitrogen and oxygen atoms in total. The maximum Gasteiger partial charge on any atom is 0.253 e. The van der Waals surface area contributed by atoms with E-state index in [9.17, 15) is 9.18 Å². The third kappa shape index (κ3) is 4.98. The van der Waals surface area contributed by atoms with Crippen LogP contribution in [0.3, 0.4) is 0 Å². The van der Waals surface area contributed by atoms with Crippen LogP contribution in [0, 0.1) is 12.7 Å². The predicted molar refractivity (Wildman–Crippen MR) is 129 cm³/mol. The summed E-state index contributed by atoms with van der Waals surface area (Å²) in [4.78, 5) is 23.1. The summed E-state index contributed by atoms with van der Waals surface area (Å²) in [6, 6.07) is 3.88. The lowest BCUT2D eigenvalue weighted by Crippen LogP contribution is -2.70. The summed E-state index contributed by atoms with van der Waals surface area (Å²) >= 11 is 5.80. The smallest absolute Gasteiger partial charge is 0.253 e. The summed E-state index contributed by atoms with van der Waals surface area (Å²) in [6.07, 6.45) is 3.85. The number of rotatable bonds is 5. The molecule has 160 valence electrons. The van der Waals surface area contributed by atoms with Gasteiger partial charge in [0.05, 0.1) is 5.02 Å². The number of likely N-dealkylation sites (tertiary alicyclic amines) is 1. The highest BCUT2D eigenvalue weighted by Crippen LogP contribution is 2.35. The first-order valence-corrected chi connectivity index (χ1v) is 10.7. The molecule has 1 amide bonds. The number of benzene rings is 1. The summed E-state index contributed by atoms with van der Waals surface area (Å²) in [5.74, 6) is -0.258. The minimum absolute atomic E-state index is 0.103. The molecule has 2 heterocycles.